The van der Waals surface area contributed by atoms with E-state index in [0.717, 1.165) is 6.42 Å². The molecule has 1 aliphatic heterocycles. The van der Waals surface area contributed by atoms with E-state index >= 15 is 0 Å². The van der Waals surface area contributed by atoms with Crippen LogP contribution >= 0.6 is 11.8 Å². The number of thioether (sulfide) groups is 1. The molecule has 0 aromatic rings. The zero-order valence-corrected chi connectivity index (χ0v) is 3.59. The maximum Gasteiger partial charge on any atom is 0.0255 e. The molecule has 0 bridgehead atoms. The van der Waals surface area contributed by atoms with Gasteiger partial charge in [0.15, 0.2) is 0 Å². The summed E-state index contributed by atoms with van der Waals surface area (Å²) in [5, 5.41) is 2.96. The minimum Gasteiger partial charge on any atom is -0.120 e. The first-order valence-electron chi connectivity index (χ1n) is 1.54. The van der Waals surface area contributed by atoms with E-state index in [9.17, 15) is 0 Å². The Hall–Kier alpha value is 0.0900. The lowest BCUT2D eigenvalue weighted by atomic mass is 10.5. The molecule has 0 unspecified atom stereocenters. The molecule has 0 fully saturated rings. The maximum atomic E-state index is 2.96. The van der Waals surface area contributed by atoms with Crippen LogP contribution in [-0.4, -0.2) is 0 Å². The molecule has 0 saturated carbocycles. The largest absolute Gasteiger partial charge is 0.120 e. The molecule has 0 aliphatic carbocycles. The lowest BCUT2D eigenvalue weighted by molar-refractivity contribution is 1.40. The zero-order valence-electron chi connectivity index (χ0n) is 2.77. The summed E-state index contributed by atoms with van der Waals surface area (Å²) < 4.78 is 0. The third kappa shape index (κ3) is 0.690. The van der Waals surface area contributed by atoms with Gasteiger partial charge in [-0.05, 0) is 6.42 Å². The van der Waals surface area contributed by atoms with Gasteiger partial charge in [0, 0.05) is 11.2 Å². The van der Waals surface area contributed by atoms with Crippen LogP contribution in [0.2, 0.25) is 0 Å². The SMILES string of the molecule is [C]1=CC[CH]S1. The van der Waals surface area contributed by atoms with E-state index in [-0.39, 0.29) is 0 Å². The van der Waals surface area contributed by atoms with Gasteiger partial charge in [-0.2, -0.15) is 0 Å². The van der Waals surface area contributed by atoms with E-state index in [1.54, 1.807) is 11.8 Å². The molecule has 1 rings (SSSR count). The van der Waals surface area contributed by atoms with Crippen LogP contribution in [0.3, 0.4) is 0 Å². The molecule has 0 aromatic carbocycles. The second kappa shape index (κ2) is 1.51. The van der Waals surface area contributed by atoms with Crippen LogP contribution in [0.1, 0.15) is 6.42 Å². The van der Waals surface area contributed by atoms with Gasteiger partial charge in [0.25, 0.3) is 0 Å². The fourth-order valence-electron chi connectivity index (χ4n) is 0.241. The molecule has 0 N–H and O–H groups in total. The van der Waals surface area contributed by atoms with Gasteiger partial charge < -0.3 is 0 Å². The minimum absolute atomic E-state index is 1.10. The molecule has 0 nitrogen and oxygen atoms in total. The normalized spacial score (nSPS) is 20.8. The van der Waals surface area contributed by atoms with E-state index in [4.69, 9.17) is 0 Å². The Bertz CT molecular complexity index is 41.6. The number of hydrogen-bond donors (Lipinski definition) is 0. The smallest absolute Gasteiger partial charge is 0.0255 e. The number of allylic oxidation sites excluding steroid dienone is 1. The van der Waals surface area contributed by atoms with Crippen molar-refractivity contribution in [3.05, 3.63) is 17.2 Å². The van der Waals surface area contributed by atoms with Crippen LogP contribution in [0, 0.1) is 11.2 Å². The second-order valence-electron chi connectivity index (χ2n) is 0.842. The van der Waals surface area contributed by atoms with Crippen molar-refractivity contribution in [3.63, 3.8) is 0 Å². The summed E-state index contributed by atoms with van der Waals surface area (Å²) in [7, 11) is 0. The first-order chi connectivity index (χ1) is 2.50. The molecule has 0 aromatic heterocycles. The van der Waals surface area contributed by atoms with Crippen LogP contribution in [0.5, 0.6) is 0 Å². The van der Waals surface area contributed by atoms with Crippen LogP contribution in [0.4, 0.5) is 0 Å². The Kier molecular flexibility index (Phi) is 0.991. The highest BCUT2D eigenvalue weighted by atomic mass is 32.2. The van der Waals surface area contributed by atoms with Crippen LogP contribution in [0.15, 0.2) is 6.08 Å². The van der Waals surface area contributed by atoms with Crippen molar-refractivity contribution in [1.82, 2.24) is 0 Å². The predicted octanol–water partition coefficient (Wildman–Crippen LogP) is 1.60. The van der Waals surface area contributed by atoms with E-state index in [2.05, 4.69) is 11.2 Å². The van der Waals surface area contributed by atoms with Crippen molar-refractivity contribution in [1.29, 1.82) is 0 Å². The quantitative estimate of drug-likeness (QED) is 0.429. The molecule has 2 radical (unpaired) electrons. The summed E-state index contributed by atoms with van der Waals surface area (Å²) in [6.07, 6.45) is 3.12. The third-order valence-corrected chi connectivity index (χ3v) is 1.11. The molecule has 1 heterocycles. The fraction of sp³-hybridized carbons (Fsp3) is 0.250. The highest BCUT2D eigenvalue weighted by molar-refractivity contribution is 8.03. The Balaban J connectivity index is 2.32. The van der Waals surface area contributed by atoms with Gasteiger partial charge in [-0.15, -0.1) is 11.8 Å². The van der Waals surface area contributed by atoms with Gasteiger partial charge in [-0.25, -0.2) is 0 Å². The summed E-state index contributed by atoms with van der Waals surface area (Å²) >= 11 is 1.64. The molecule has 0 atom stereocenters. The Morgan fingerprint density at radius 3 is 3.00 bits per heavy atom. The molecular weight excluding hydrogens is 80.1 g/mol. The summed E-state index contributed by atoms with van der Waals surface area (Å²) in [6, 6.07) is 0. The highest BCUT2D eigenvalue weighted by Crippen LogP contribution is 2.16. The molecule has 1 heteroatoms. The number of hydrogen-bond acceptors (Lipinski definition) is 1. The Labute approximate surface area is 36.3 Å². The molecule has 5 heavy (non-hydrogen) atoms. The summed E-state index contributed by atoms with van der Waals surface area (Å²) in [6.45, 7) is 0. The second-order valence-corrected chi connectivity index (χ2v) is 1.65. The molecule has 1 aliphatic rings. The first kappa shape index (κ1) is 3.29. The molecule has 0 saturated heterocycles. The Morgan fingerprint density at radius 2 is 2.80 bits per heavy atom. The average Bonchev–Trinajstić information content (AvgIpc) is 1.76. The Morgan fingerprint density at radius 1 is 1.80 bits per heavy atom. The summed E-state index contributed by atoms with van der Waals surface area (Å²) in [5.74, 6) is 2.11. The predicted molar refractivity (Wildman–Crippen MR) is 24.3 cm³/mol. The molecule has 0 spiro atoms. The molecule has 26 valence electrons. The lowest BCUT2D eigenvalue weighted by Crippen LogP contribution is -1.44. The van der Waals surface area contributed by atoms with Crippen molar-refractivity contribution in [2.75, 3.05) is 0 Å². The number of rotatable bonds is 0. The van der Waals surface area contributed by atoms with Crippen LogP contribution < -0.4 is 0 Å². The van der Waals surface area contributed by atoms with E-state index < -0.39 is 0 Å². The summed E-state index contributed by atoms with van der Waals surface area (Å²) in [4.78, 5) is 0. The van der Waals surface area contributed by atoms with Gasteiger partial charge in [0.2, 0.25) is 0 Å². The zero-order chi connectivity index (χ0) is 3.54. The van der Waals surface area contributed by atoms with Crippen LogP contribution in [-0.2, 0) is 0 Å². The van der Waals surface area contributed by atoms with E-state index in [1.807, 2.05) is 6.08 Å². The van der Waals surface area contributed by atoms with Gasteiger partial charge in [0.1, 0.15) is 0 Å². The minimum atomic E-state index is 1.10. The van der Waals surface area contributed by atoms with Crippen molar-refractivity contribution < 1.29 is 0 Å². The van der Waals surface area contributed by atoms with Gasteiger partial charge in [0.05, 0.1) is 0 Å². The van der Waals surface area contributed by atoms with E-state index in [0.29, 0.717) is 0 Å². The third-order valence-electron chi connectivity index (χ3n) is 0.449. The van der Waals surface area contributed by atoms with Crippen LogP contribution in [0.25, 0.3) is 0 Å². The maximum absolute atomic E-state index is 2.96. The van der Waals surface area contributed by atoms with Crippen molar-refractivity contribution >= 4 is 11.8 Å². The van der Waals surface area contributed by atoms with Gasteiger partial charge in [-0.3, -0.25) is 0 Å². The fourth-order valence-corrected chi connectivity index (χ4v) is 0.722. The van der Waals surface area contributed by atoms with Gasteiger partial charge >= 0.3 is 0 Å². The topological polar surface area (TPSA) is 0 Å². The highest BCUT2D eigenvalue weighted by Gasteiger charge is 1.87. The van der Waals surface area contributed by atoms with Crippen molar-refractivity contribution in [3.8, 4) is 0 Å². The lowest BCUT2D eigenvalue weighted by Gasteiger charge is -1.67. The van der Waals surface area contributed by atoms with Crippen molar-refractivity contribution in [2.24, 2.45) is 0 Å². The summed E-state index contributed by atoms with van der Waals surface area (Å²) in [5.41, 5.74) is 0. The monoisotopic (exact) mass is 84.0 g/mol. The average molecular weight is 84.1 g/mol. The molecule has 0 amide bonds. The molecular formula is C4H4S. The standard InChI is InChI=1S/C4H4S/c1-2-4-5-3-1/h1,4H,2H2. The first-order valence-corrected chi connectivity index (χ1v) is 2.42. The van der Waals surface area contributed by atoms with E-state index in [1.165, 1.54) is 0 Å². The van der Waals surface area contributed by atoms with Gasteiger partial charge in [-0.1, -0.05) is 6.08 Å². The van der Waals surface area contributed by atoms with Crippen molar-refractivity contribution in [2.45, 2.75) is 6.42 Å².